The second-order valence-corrected chi connectivity index (χ2v) is 5.92. The molecule has 1 aromatic carbocycles. The van der Waals surface area contributed by atoms with Gasteiger partial charge in [0.2, 0.25) is 0 Å². The van der Waals surface area contributed by atoms with E-state index in [4.69, 9.17) is 23.2 Å². The molecule has 17 heavy (non-hydrogen) atoms. The third kappa shape index (κ3) is 3.61. The fraction of sp³-hybridized carbons (Fsp3) is 0.571. The number of hydrogen-bond acceptors (Lipinski definition) is 1. The van der Waals surface area contributed by atoms with E-state index < -0.39 is 0 Å². The Morgan fingerprint density at radius 3 is 2.59 bits per heavy atom. The van der Waals surface area contributed by atoms with Crippen molar-refractivity contribution >= 4 is 23.2 Å². The minimum Gasteiger partial charge on any atom is -0.312 e. The molecule has 0 atom stereocenters. The number of benzene rings is 1. The molecule has 3 heteroatoms. The van der Waals surface area contributed by atoms with Crippen LogP contribution in [0, 0.1) is 5.41 Å². The Balaban J connectivity index is 1.80. The molecule has 0 unspecified atom stereocenters. The molecule has 0 bridgehead atoms. The van der Waals surface area contributed by atoms with E-state index in [-0.39, 0.29) is 0 Å². The van der Waals surface area contributed by atoms with E-state index in [0.717, 1.165) is 13.1 Å². The van der Waals surface area contributed by atoms with Crippen molar-refractivity contribution < 1.29 is 0 Å². The molecule has 1 nitrogen and oxygen atoms in total. The van der Waals surface area contributed by atoms with Crippen LogP contribution in [0.25, 0.3) is 0 Å². The molecule has 0 spiro atoms. The molecule has 0 aromatic heterocycles. The van der Waals surface area contributed by atoms with Crippen molar-refractivity contribution in [2.24, 2.45) is 5.41 Å². The van der Waals surface area contributed by atoms with Crippen molar-refractivity contribution in [1.29, 1.82) is 0 Å². The number of halogens is 2. The van der Waals surface area contributed by atoms with Gasteiger partial charge in [-0.1, -0.05) is 42.6 Å². The van der Waals surface area contributed by atoms with Crippen LogP contribution in [0.3, 0.4) is 0 Å². The molecule has 0 aliphatic heterocycles. The first-order chi connectivity index (χ1) is 8.15. The molecule has 1 fully saturated rings. The molecule has 2 rings (SSSR count). The minimum absolute atomic E-state index is 0.602. The van der Waals surface area contributed by atoms with E-state index in [1.165, 1.54) is 31.2 Å². The topological polar surface area (TPSA) is 12.0 Å². The fourth-order valence-electron chi connectivity index (χ4n) is 2.34. The summed E-state index contributed by atoms with van der Waals surface area (Å²) in [6, 6.07) is 5.83. The molecule has 0 saturated heterocycles. The van der Waals surface area contributed by atoms with E-state index in [1.54, 1.807) is 0 Å². The van der Waals surface area contributed by atoms with E-state index in [9.17, 15) is 0 Å². The van der Waals surface area contributed by atoms with Gasteiger partial charge in [0.25, 0.3) is 0 Å². The second-order valence-electron chi connectivity index (χ2n) is 5.10. The first kappa shape index (κ1) is 13.2. The van der Waals surface area contributed by atoms with Crippen LogP contribution in [0.4, 0.5) is 0 Å². The van der Waals surface area contributed by atoms with Gasteiger partial charge in [-0.05, 0) is 42.4 Å². The average molecular weight is 272 g/mol. The highest BCUT2D eigenvalue weighted by atomic mass is 35.5. The average Bonchev–Trinajstić information content (AvgIpc) is 3.04. The fourth-order valence-corrected chi connectivity index (χ4v) is 2.66. The van der Waals surface area contributed by atoms with E-state index in [1.807, 2.05) is 18.2 Å². The molecule has 1 N–H and O–H groups in total. The molecule has 0 heterocycles. The third-order valence-electron chi connectivity index (χ3n) is 3.55. The number of nitrogens with one attached hydrogen (secondary N) is 1. The predicted octanol–water partition coefficient (Wildman–Crippen LogP) is 4.66. The first-order valence-corrected chi connectivity index (χ1v) is 7.05. The summed E-state index contributed by atoms with van der Waals surface area (Å²) in [5, 5.41) is 4.80. The summed E-state index contributed by atoms with van der Waals surface area (Å²) in [5.41, 5.74) is 1.80. The van der Waals surface area contributed by atoms with Crippen LogP contribution in [0.1, 0.15) is 38.2 Å². The van der Waals surface area contributed by atoms with E-state index >= 15 is 0 Å². The molecule has 0 amide bonds. The third-order valence-corrected chi connectivity index (χ3v) is 4.29. The van der Waals surface area contributed by atoms with Gasteiger partial charge in [-0.2, -0.15) is 0 Å². The zero-order valence-corrected chi connectivity index (χ0v) is 11.7. The lowest BCUT2D eigenvalue weighted by molar-refractivity contribution is 0.421. The lowest BCUT2D eigenvalue weighted by Gasteiger charge is -2.15. The molecule has 1 aromatic rings. The lowest BCUT2D eigenvalue weighted by atomic mass is 10.0. The molecule has 1 aliphatic carbocycles. The van der Waals surface area contributed by atoms with Crippen LogP contribution in [0.15, 0.2) is 18.2 Å². The largest absolute Gasteiger partial charge is 0.312 e. The summed E-state index contributed by atoms with van der Waals surface area (Å²) >= 11 is 11.9. The smallest absolute Gasteiger partial charge is 0.0595 e. The Morgan fingerprint density at radius 2 is 2.00 bits per heavy atom. The van der Waals surface area contributed by atoms with Crippen LogP contribution in [-0.4, -0.2) is 6.54 Å². The van der Waals surface area contributed by atoms with Gasteiger partial charge in [0.05, 0.1) is 10.0 Å². The number of hydrogen-bond donors (Lipinski definition) is 1. The Bertz CT molecular complexity index is 386. The van der Waals surface area contributed by atoms with Gasteiger partial charge in [0.15, 0.2) is 0 Å². The zero-order chi connectivity index (χ0) is 12.3. The van der Waals surface area contributed by atoms with E-state index in [0.29, 0.717) is 15.5 Å². The van der Waals surface area contributed by atoms with Crippen molar-refractivity contribution in [2.45, 2.75) is 39.2 Å². The minimum atomic E-state index is 0.602. The van der Waals surface area contributed by atoms with Gasteiger partial charge in [-0.25, -0.2) is 0 Å². The van der Waals surface area contributed by atoms with Gasteiger partial charge in [-0.15, -0.1) is 0 Å². The quantitative estimate of drug-likeness (QED) is 0.794. The Hall–Kier alpha value is -0.240. The maximum atomic E-state index is 5.99. The van der Waals surface area contributed by atoms with Gasteiger partial charge in [0.1, 0.15) is 0 Å². The Kier molecular flexibility index (Phi) is 4.35. The highest BCUT2D eigenvalue weighted by Gasteiger charge is 2.40. The Labute approximate surface area is 114 Å². The lowest BCUT2D eigenvalue weighted by Crippen LogP contribution is -2.23. The highest BCUT2D eigenvalue weighted by molar-refractivity contribution is 6.42. The van der Waals surface area contributed by atoms with E-state index in [2.05, 4.69) is 12.2 Å². The number of rotatable bonds is 6. The summed E-state index contributed by atoms with van der Waals surface area (Å²) in [6.07, 6.45) is 5.40. The molecule has 0 radical (unpaired) electrons. The highest BCUT2D eigenvalue weighted by Crippen LogP contribution is 2.48. The molecular formula is C14H19Cl2N. The van der Waals surface area contributed by atoms with Gasteiger partial charge < -0.3 is 5.32 Å². The van der Waals surface area contributed by atoms with Crippen molar-refractivity contribution in [1.82, 2.24) is 5.32 Å². The second kappa shape index (κ2) is 5.60. The molecular weight excluding hydrogens is 253 g/mol. The standard InChI is InChI=1S/C14H19Cl2N/c1-2-5-14(6-7-14)10-17-9-11-3-4-12(15)13(16)8-11/h3-4,8,17H,2,5-7,9-10H2,1H3. The summed E-state index contributed by atoms with van der Waals surface area (Å²) in [7, 11) is 0. The zero-order valence-electron chi connectivity index (χ0n) is 10.2. The van der Waals surface area contributed by atoms with Crippen molar-refractivity contribution in [3.8, 4) is 0 Å². The predicted molar refractivity (Wildman–Crippen MR) is 74.7 cm³/mol. The van der Waals surface area contributed by atoms with Crippen molar-refractivity contribution in [3.05, 3.63) is 33.8 Å². The van der Waals surface area contributed by atoms with Crippen molar-refractivity contribution in [3.63, 3.8) is 0 Å². The molecule has 1 aliphatic rings. The Morgan fingerprint density at radius 1 is 1.24 bits per heavy atom. The normalized spacial score (nSPS) is 17.1. The van der Waals surface area contributed by atoms with Gasteiger partial charge >= 0.3 is 0 Å². The molecule has 1 saturated carbocycles. The monoisotopic (exact) mass is 271 g/mol. The summed E-state index contributed by atoms with van der Waals surface area (Å²) in [6.45, 7) is 4.27. The maximum Gasteiger partial charge on any atom is 0.0595 e. The summed E-state index contributed by atoms with van der Waals surface area (Å²) < 4.78 is 0. The van der Waals surface area contributed by atoms with Crippen LogP contribution < -0.4 is 5.32 Å². The van der Waals surface area contributed by atoms with Crippen LogP contribution in [0.2, 0.25) is 10.0 Å². The maximum absolute atomic E-state index is 5.99. The van der Waals surface area contributed by atoms with Crippen LogP contribution >= 0.6 is 23.2 Å². The van der Waals surface area contributed by atoms with Crippen molar-refractivity contribution in [2.75, 3.05) is 6.54 Å². The van der Waals surface area contributed by atoms with Crippen LogP contribution in [0.5, 0.6) is 0 Å². The summed E-state index contributed by atoms with van der Waals surface area (Å²) in [5.74, 6) is 0. The van der Waals surface area contributed by atoms with Crippen LogP contribution in [-0.2, 0) is 6.54 Å². The SMILES string of the molecule is CCCC1(CNCc2ccc(Cl)c(Cl)c2)CC1. The first-order valence-electron chi connectivity index (χ1n) is 6.30. The van der Waals surface area contributed by atoms with Gasteiger partial charge in [-0.3, -0.25) is 0 Å². The van der Waals surface area contributed by atoms with Gasteiger partial charge in [0, 0.05) is 13.1 Å². The molecule has 94 valence electrons. The summed E-state index contributed by atoms with van der Waals surface area (Å²) in [4.78, 5) is 0.